The third-order valence-corrected chi connectivity index (χ3v) is 5.32. The average Bonchev–Trinajstić information content (AvgIpc) is 3.08. The number of ether oxygens (including phenoxy) is 1. The van der Waals surface area contributed by atoms with Crippen molar-refractivity contribution < 1.29 is 4.74 Å². The molecule has 1 aromatic rings. The number of nitrogens with one attached hydrogen (secondary N) is 1. The van der Waals surface area contributed by atoms with Gasteiger partial charge in [0.15, 0.2) is 0 Å². The molecule has 2 unspecified atom stereocenters. The maximum atomic E-state index is 5.90. The fourth-order valence-corrected chi connectivity index (χ4v) is 4.33. The van der Waals surface area contributed by atoms with Gasteiger partial charge in [-0.1, -0.05) is 6.92 Å². The zero-order valence-electron chi connectivity index (χ0n) is 11.8. The molecular weight excluding hydrogens is 256 g/mol. The van der Waals surface area contributed by atoms with E-state index in [-0.39, 0.29) is 0 Å². The van der Waals surface area contributed by atoms with E-state index in [1.165, 1.54) is 54.1 Å². The molecule has 0 bridgehead atoms. The fraction of sp³-hybridized carbons (Fsp3) is 0.800. The molecule has 0 saturated carbocycles. The van der Waals surface area contributed by atoms with Crippen molar-refractivity contribution in [3.05, 3.63) is 15.6 Å². The predicted molar refractivity (Wildman–Crippen MR) is 78.8 cm³/mol. The van der Waals surface area contributed by atoms with Gasteiger partial charge in [-0.05, 0) is 51.5 Å². The minimum Gasteiger partial charge on any atom is -0.376 e. The number of aromatic nitrogens is 1. The molecule has 3 rings (SSSR count). The van der Waals surface area contributed by atoms with Crippen LogP contribution in [0.5, 0.6) is 0 Å². The van der Waals surface area contributed by atoms with Crippen LogP contribution in [-0.2, 0) is 17.6 Å². The summed E-state index contributed by atoms with van der Waals surface area (Å²) in [6.07, 6.45) is 8.92. The summed E-state index contributed by atoms with van der Waals surface area (Å²) in [5, 5.41) is 4.93. The summed E-state index contributed by atoms with van der Waals surface area (Å²) >= 11 is 1.93. The Kier molecular flexibility index (Phi) is 4.51. The summed E-state index contributed by atoms with van der Waals surface area (Å²) in [7, 11) is 0. The molecule has 1 N–H and O–H groups in total. The van der Waals surface area contributed by atoms with Crippen molar-refractivity contribution in [1.82, 2.24) is 10.3 Å². The summed E-state index contributed by atoms with van der Waals surface area (Å²) in [6, 6.07) is 0.318. The molecule has 2 atom stereocenters. The molecule has 0 radical (unpaired) electrons. The van der Waals surface area contributed by atoms with Crippen molar-refractivity contribution in [2.75, 3.05) is 13.2 Å². The lowest BCUT2D eigenvalue weighted by Gasteiger charge is -2.22. The van der Waals surface area contributed by atoms with Gasteiger partial charge >= 0.3 is 0 Å². The maximum absolute atomic E-state index is 5.90. The number of hydrogen-bond acceptors (Lipinski definition) is 4. The average molecular weight is 280 g/mol. The summed E-state index contributed by atoms with van der Waals surface area (Å²) in [4.78, 5) is 6.45. The highest BCUT2D eigenvalue weighted by atomic mass is 32.1. The Bertz CT molecular complexity index is 389. The Morgan fingerprint density at radius 2 is 2.26 bits per heavy atom. The fourth-order valence-electron chi connectivity index (χ4n) is 3.05. The van der Waals surface area contributed by atoms with Gasteiger partial charge < -0.3 is 10.1 Å². The van der Waals surface area contributed by atoms with E-state index in [9.17, 15) is 0 Å². The third-order valence-electron chi connectivity index (χ3n) is 4.08. The molecule has 3 nitrogen and oxygen atoms in total. The Hall–Kier alpha value is -0.450. The van der Waals surface area contributed by atoms with Crippen molar-refractivity contribution >= 4 is 11.3 Å². The zero-order valence-corrected chi connectivity index (χ0v) is 12.6. The topological polar surface area (TPSA) is 34.2 Å². The number of fused-ring (bicyclic) bond motifs is 1. The number of aryl methyl sites for hydroxylation is 2. The van der Waals surface area contributed by atoms with E-state index in [2.05, 4.69) is 12.2 Å². The van der Waals surface area contributed by atoms with E-state index in [1.54, 1.807) is 0 Å². The van der Waals surface area contributed by atoms with Crippen LogP contribution < -0.4 is 5.32 Å². The van der Waals surface area contributed by atoms with Crippen molar-refractivity contribution in [2.24, 2.45) is 0 Å². The van der Waals surface area contributed by atoms with Crippen LogP contribution in [0.2, 0.25) is 0 Å². The number of thiazole rings is 1. The highest BCUT2D eigenvalue weighted by Crippen LogP contribution is 2.34. The Morgan fingerprint density at radius 1 is 1.37 bits per heavy atom. The smallest absolute Gasteiger partial charge is 0.113 e. The Labute approximate surface area is 119 Å². The van der Waals surface area contributed by atoms with Crippen molar-refractivity contribution in [1.29, 1.82) is 0 Å². The molecule has 0 spiro atoms. The van der Waals surface area contributed by atoms with Gasteiger partial charge in [-0.25, -0.2) is 4.98 Å². The SMILES string of the molecule is CCCNC(c1nc2c(s1)CCCC2)C1CCCO1. The molecule has 2 aliphatic rings. The molecule has 1 aromatic heterocycles. The van der Waals surface area contributed by atoms with Crippen molar-refractivity contribution in [3.63, 3.8) is 0 Å². The Morgan fingerprint density at radius 3 is 3.00 bits per heavy atom. The number of hydrogen-bond donors (Lipinski definition) is 1. The van der Waals surface area contributed by atoms with E-state index in [0.717, 1.165) is 19.6 Å². The first-order valence-electron chi connectivity index (χ1n) is 7.72. The van der Waals surface area contributed by atoms with E-state index in [0.29, 0.717) is 12.1 Å². The molecule has 106 valence electrons. The second kappa shape index (κ2) is 6.33. The van der Waals surface area contributed by atoms with Crippen LogP contribution in [0.3, 0.4) is 0 Å². The second-order valence-electron chi connectivity index (χ2n) is 5.61. The van der Waals surface area contributed by atoms with Crippen LogP contribution >= 0.6 is 11.3 Å². The molecule has 19 heavy (non-hydrogen) atoms. The number of rotatable bonds is 5. The molecule has 1 aliphatic heterocycles. The lowest BCUT2D eigenvalue weighted by molar-refractivity contribution is 0.0782. The molecule has 1 saturated heterocycles. The first-order valence-corrected chi connectivity index (χ1v) is 8.53. The first-order chi connectivity index (χ1) is 9.38. The lowest BCUT2D eigenvalue weighted by Crippen LogP contribution is -2.32. The van der Waals surface area contributed by atoms with E-state index in [1.807, 2.05) is 11.3 Å². The zero-order chi connectivity index (χ0) is 13.1. The first kappa shape index (κ1) is 13.5. The van der Waals surface area contributed by atoms with E-state index >= 15 is 0 Å². The van der Waals surface area contributed by atoms with E-state index < -0.39 is 0 Å². The highest BCUT2D eigenvalue weighted by molar-refractivity contribution is 7.11. The van der Waals surface area contributed by atoms with Gasteiger partial charge in [0, 0.05) is 11.5 Å². The minimum atomic E-state index is 0.318. The second-order valence-corrected chi connectivity index (χ2v) is 6.73. The predicted octanol–water partition coefficient (Wildman–Crippen LogP) is 3.24. The van der Waals surface area contributed by atoms with Crippen LogP contribution in [0.25, 0.3) is 0 Å². The van der Waals surface area contributed by atoms with Crippen molar-refractivity contribution in [2.45, 2.75) is 64.0 Å². The molecular formula is C15H24N2OS. The summed E-state index contributed by atoms with van der Waals surface area (Å²) in [5.41, 5.74) is 1.37. The monoisotopic (exact) mass is 280 g/mol. The number of nitrogens with zero attached hydrogens (tertiary/aromatic N) is 1. The largest absolute Gasteiger partial charge is 0.376 e. The molecule has 0 amide bonds. The van der Waals surface area contributed by atoms with Gasteiger partial charge in [-0.3, -0.25) is 0 Å². The Balaban J connectivity index is 1.79. The van der Waals surface area contributed by atoms with Gasteiger partial charge in [-0.2, -0.15) is 0 Å². The maximum Gasteiger partial charge on any atom is 0.113 e. The molecule has 4 heteroatoms. The van der Waals surface area contributed by atoms with Gasteiger partial charge in [0.25, 0.3) is 0 Å². The van der Waals surface area contributed by atoms with Gasteiger partial charge in [0.2, 0.25) is 0 Å². The van der Waals surface area contributed by atoms with Crippen LogP contribution in [0, 0.1) is 0 Å². The van der Waals surface area contributed by atoms with E-state index in [4.69, 9.17) is 9.72 Å². The highest BCUT2D eigenvalue weighted by Gasteiger charge is 2.30. The molecule has 0 aromatic carbocycles. The molecule has 2 heterocycles. The standard InChI is InChI=1S/C15H24N2OS/c1-2-9-16-14(12-7-5-10-18-12)15-17-11-6-3-4-8-13(11)19-15/h12,14,16H,2-10H2,1H3. The van der Waals surface area contributed by atoms with Gasteiger partial charge in [0.05, 0.1) is 17.8 Å². The summed E-state index contributed by atoms with van der Waals surface area (Å²) < 4.78 is 5.90. The van der Waals surface area contributed by atoms with Gasteiger partial charge in [-0.15, -0.1) is 11.3 Å². The van der Waals surface area contributed by atoms with Crippen LogP contribution in [0.15, 0.2) is 0 Å². The van der Waals surface area contributed by atoms with Crippen molar-refractivity contribution in [3.8, 4) is 0 Å². The van der Waals surface area contributed by atoms with Crippen LogP contribution in [0.4, 0.5) is 0 Å². The van der Waals surface area contributed by atoms with Crippen LogP contribution in [0.1, 0.15) is 60.6 Å². The summed E-state index contributed by atoms with van der Waals surface area (Å²) in [5.74, 6) is 0. The lowest BCUT2D eigenvalue weighted by atomic mass is 10.0. The quantitative estimate of drug-likeness (QED) is 0.899. The minimum absolute atomic E-state index is 0.318. The van der Waals surface area contributed by atoms with Gasteiger partial charge in [0.1, 0.15) is 5.01 Å². The molecule has 1 fully saturated rings. The molecule has 1 aliphatic carbocycles. The van der Waals surface area contributed by atoms with Crippen LogP contribution in [-0.4, -0.2) is 24.2 Å². The summed E-state index contributed by atoms with van der Waals surface area (Å²) in [6.45, 7) is 4.18. The normalized spacial score (nSPS) is 24.4. The third kappa shape index (κ3) is 3.01.